The molecule has 218 valence electrons. The highest BCUT2D eigenvalue weighted by Gasteiger charge is 2.44. The summed E-state index contributed by atoms with van der Waals surface area (Å²) in [5, 5.41) is 19.9. The van der Waals surface area contributed by atoms with Gasteiger partial charge in [-0.2, -0.15) is 0 Å². The number of para-hydroxylation sites is 1. The van der Waals surface area contributed by atoms with Crippen molar-refractivity contribution in [3.05, 3.63) is 42.2 Å². The molecule has 1 N–H and O–H groups in total. The first-order valence-electron chi connectivity index (χ1n) is 13.1. The van der Waals surface area contributed by atoms with Gasteiger partial charge in [-0.15, -0.1) is 10.2 Å². The Morgan fingerprint density at radius 2 is 1.80 bits per heavy atom. The van der Waals surface area contributed by atoms with Crippen LogP contribution in [0, 0.1) is 12.3 Å². The highest BCUT2D eigenvalue weighted by Crippen LogP contribution is 2.39. The lowest BCUT2D eigenvalue weighted by Crippen LogP contribution is -2.53. The van der Waals surface area contributed by atoms with Crippen molar-refractivity contribution in [2.75, 3.05) is 44.0 Å². The lowest BCUT2D eigenvalue weighted by molar-refractivity contribution is -0.154. The predicted molar refractivity (Wildman–Crippen MR) is 157 cm³/mol. The Kier molecular flexibility index (Phi) is 8.59. The molecule has 0 amide bonds. The molecule has 0 radical (unpaired) electrons. The van der Waals surface area contributed by atoms with Crippen LogP contribution in [0.4, 0.5) is 5.95 Å². The number of nitrogens with zero attached hydrogens (tertiary/aromatic N) is 5. The van der Waals surface area contributed by atoms with E-state index in [-0.39, 0.29) is 12.5 Å². The molecule has 13 heteroatoms. The summed E-state index contributed by atoms with van der Waals surface area (Å²) in [6.07, 6.45) is 2.27. The first kappa shape index (κ1) is 30.0. The normalized spacial score (nSPS) is 15.8. The second kappa shape index (κ2) is 11.5. The van der Waals surface area contributed by atoms with Crippen LogP contribution in [-0.4, -0.2) is 87.2 Å². The second-order valence-corrected chi connectivity index (χ2v) is 19.3. The maximum Gasteiger partial charge on any atom is 0.246 e. The third kappa shape index (κ3) is 6.17. The van der Waals surface area contributed by atoms with Crippen molar-refractivity contribution in [2.24, 2.45) is 5.41 Å². The summed E-state index contributed by atoms with van der Waals surface area (Å²) >= 11 is 0. The largest absolute Gasteiger partial charge is 0.494 e. The van der Waals surface area contributed by atoms with Crippen LogP contribution in [0.25, 0.3) is 17.1 Å². The van der Waals surface area contributed by atoms with Crippen molar-refractivity contribution in [3.63, 3.8) is 0 Å². The van der Waals surface area contributed by atoms with E-state index in [1.54, 1.807) is 35.2 Å². The number of pyridine rings is 1. The number of hydrogen-bond donors (Lipinski definition) is 1. The number of benzene rings is 1. The molecule has 0 aliphatic carbocycles. The Hall–Kier alpha value is -3.00. The van der Waals surface area contributed by atoms with Crippen LogP contribution in [-0.2, 0) is 14.8 Å². The van der Waals surface area contributed by atoms with Crippen molar-refractivity contribution in [3.8, 4) is 28.6 Å². The van der Waals surface area contributed by atoms with Crippen LogP contribution in [0.15, 0.2) is 36.7 Å². The van der Waals surface area contributed by atoms with Crippen molar-refractivity contribution in [2.45, 2.75) is 45.6 Å². The Morgan fingerprint density at radius 1 is 1.15 bits per heavy atom. The van der Waals surface area contributed by atoms with Crippen molar-refractivity contribution >= 4 is 24.0 Å². The van der Waals surface area contributed by atoms with E-state index in [0.29, 0.717) is 47.8 Å². The van der Waals surface area contributed by atoms with E-state index in [0.717, 1.165) is 5.56 Å². The molecule has 1 aliphatic heterocycles. The number of aromatic nitrogens is 4. The molecule has 40 heavy (non-hydrogen) atoms. The Balaban J connectivity index is 1.95. The van der Waals surface area contributed by atoms with Gasteiger partial charge in [0.15, 0.2) is 5.82 Å². The van der Waals surface area contributed by atoms with Gasteiger partial charge in [0.2, 0.25) is 16.0 Å². The molecule has 0 spiro atoms. The summed E-state index contributed by atoms with van der Waals surface area (Å²) in [5.41, 5.74) is 1.38. The molecule has 1 aromatic carbocycles. The fourth-order valence-electron chi connectivity index (χ4n) is 4.47. The maximum absolute atomic E-state index is 14.1. The standard InChI is InChI=1S/C27H39N5O6SSi/c1-19-13-20(15-28-14-19)25-29-30-26(32(25)24-21(36-3)9-8-10-22(24)37-4)31(11-12-40(5,6)7)39(34,35)16-23(33)27(2)17-38-18-27/h8-10,13-15,23,33H,11-12,16-18H2,1-7H3/t23-/m0/s1. The molecule has 0 saturated carbocycles. The second-order valence-electron chi connectivity index (χ2n) is 11.7. The highest BCUT2D eigenvalue weighted by atomic mass is 32.2. The van der Waals surface area contributed by atoms with E-state index in [1.165, 1.54) is 18.5 Å². The number of methoxy groups -OCH3 is 2. The average molecular weight is 590 g/mol. The van der Waals surface area contributed by atoms with Crippen molar-refractivity contribution in [1.29, 1.82) is 0 Å². The molecule has 0 bridgehead atoms. The summed E-state index contributed by atoms with van der Waals surface area (Å²) in [4.78, 5) is 4.32. The number of ether oxygens (including phenoxy) is 3. The SMILES string of the molecule is COc1cccc(OC)c1-n1c(-c2cncc(C)c2)nnc1N(CC[Si](C)(C)C)S(=O)(=O)C[C@H](O)C1(C)COC1. The quantitative estimate of drug-likeness (QED) is 0.316. The molecular weight excluding hydrogens is 550 g/mol. The number of rotatable bonds is 12. The third-order valence-corrected chi connectivity index (χ3v) is 10.5. The van der Waals surface area contributed by atoms with Crippen LogP contribution < -0.4 is 13.8 Å². The minimum atomic E-state index is -4.07. The molecule has 1 saturated heterocycles. The van der Waals surface area contributed by atoms with E-state index in [9.17, 15) is 13.5 Å². The summed E-state index contributed by atoms with van der Waals surface area (Å²) in [6, 6.07) is 7.89. The Labute approximate surface area is 237 Å². The van der Waals surface area contributed by atoms with Crippen LogP contribution in [0.5, 0.6) is 11.5 Å². The Morgan fingerprint density at radius 3 is 2.33 bits per heavy atom. The van der Waals surface area contributed by atoms with E-state index in [4.69, 9.17) is 14.2 Å². The zero-order valence-corrected chi connectivity index (χ0v) is 26.0. The van der Waals surface area contributed by atoms with Crippen LogP contribution in [0.3, 0.4) is 0 Å². The first-order chi connectivity index (χ1) is 18.8. The van der Waals surface area contributed by atoms with Crippen LogP contribution in [0.1, 0.15) is 12.5 Å². The molecule has 0 unspecified atom stereocenters. The molecule has 1 aliphatic rings. The fraction of sp³-hybridized carbons (Fsp3) is 0.519. The van der Waals surface area contributed by atoms with Gasteiger partial charge in [0.1, 0.15) is 17.2 Å². The fourth-order valence-corrected chi connectivity index (χ4v) is 7.24. The summed E-state index contributed by atoms with van der Waals surface area (Å²) < 4.78 is 47.9. The van der Waals surface area contributed by atoms with Gasteiger partial charge >= 0.3 is 0 Å². The number of aliphatic hydroxyl groups excluding tert-OH is 1. The minimum Gasteiger partial charge on any atom is -0.494 e. The molecule has 3 aromatic rings. The molecular formula is C27H39N5O6SSi. The maximum atomic E-state index is 14.1. The number of hydrogen-bond acceptors (Lipinski definition) is 9. The Bertz CT molecular complexity index is 1430. The van der Waals surface area contributed by atoms with Crippen molar-refractivity contribution < 1.29 is 27.7 Å². The smallest absolute Gasteiger partial charge is 0.246 e. The monoisotopic (exact) mass is 589 g/mol. The predicted octanol–water partition coefficient (Wildman–Crippen LogP) is 3.53. The molecule has 1 fully saturated rings. The number of anilines is 1. The molecule has 1 atom stereocenters. The lowest BCUT2D eigenvalue weighted by Gasteiger charge is -2.42. The third-order valence-electron chi connectivity index (χ3n) is 7.06. The molecule has 4 rings (SSSR count). The van der Waals surface area contributed by atoms with Crippen molar-refractivity contribution in [1.82, 2.24) is 19.7 Å². The van der Waals surface area contributed by atoms with Gasteiger partial charge in [0, 0.05) is 38.0 Å². The molecule has 11 nitrogen and oxygen atoms in total. The lowest BCUT2D eigenvalue weighted by atomic mass is 9.83. The van der Waals surface area contributed by atoms with Gasteiger partial charge in [0.25, 0.3) is 0 Å². The van der Waals surface area contributed by atoms with Crippen LogP contribution in [0.2, 0.25) is 25.7 Å². The van der Waals surface area contributed by atoms with E-state index in [2.05, 4.69) is 34.8 Å². The van der Waals surface area contributed by atoms with Gasteiger partial charge < -0.3 is 19.3 Å². The van der Waals surface area contributed by atoms with E-state index < -0.39 is 35.4 Å². The first-order valence-corrected chi connectivity index (χ1v) is 18.5. The van der Waals surface area contributed by atoms with E-state index in [1.807, 2.05) is 19.9 Å². The summed E-state index contributed by atoms with van der Waals surface area (Å²) in [6.45, 7) is 11.1. The highest BCUT2D eigenvalue weighted by molar-refractivity contribution is 7.92. The number of sulfonamides is 1. The zero-order chi connectivity index (χ0) is 29.3. The van der Waals surface area contributed by atoms with Gasteiger partial charge in [-0.05, 0) is 36.7 Å². The topological polar surface area (TPSA) is 129 Å². The zero-order valence-electron chi connectivity index (χ0n) is 24.2. The van der Waals surface area contributed by atoms with Gasteiger partial charge in [0.05, 0.1) is 39.3 Å². The van der Waals surface area contributed by atoms with Gasteiger partial charge in [-0.1, -0.05) is 32.6 Å². The minimum absolute atomic E-state index is 0.0831. The average Bonchev–Trinajstić information content (AvgIpc) is 3.29. The number of aliphatic hydroxyl groups is 1. The molecule has 3 heterocycles. The number of aryl methyl sites for hydroxylation is 1. The molecule has 2 aromatic heterocycles. The van der Waals surface area contributed by atoms with Crippen LogP contribution >= 0.6 is 0 Å². The van der Waals surface area contributed by atoms with Gasteiger partial charge in [-0.25, -0.2) is 12.7 Å². The summed E-state index contributed by atoms with van der Waals surface area (Å²) in [7, 11) is -2.71. The van der Waals surface area contributed by atoms with Gasteiger partial charge in [-0.3, -0.25) is 9.55 Å². The summed E-state index contributed by atoms with van der Waals surface area (Å²) in [5.74, 6) is 0.880. The van der Waals surface area contributed by atoms with E-state index >= 15 is 0 Å².